The summed E-state index contributed by atoms with van der Waals surface area (Å²) >= 11 is 3.45. The fourth-order valence-electron chi connectivity index (χ4n) is 1.60. The normalized spacial score (nSPS) is 10.6. The van der Waals surface area contributed by atoms with Crippen LogP contribution in [0, 0.1) is 6.92 Å². The average Bonchev–Trinajstić information content (AvgIpc) is 2.78. The summed E-state index contributed by atoms with van der Waals surface area (Å²) in [6.45, 7) is 2.21. The summed E-state index contributed by atoms with van der Waals surface area (Å²) in [7, 11) is 0. The van der Waals surface area contributed by atoms with Crippen molar-refractivity contribution >= 4 is 21.9 Å². The first-order chi connectivity index (χ1) is 8.59. The largest absolute Gasteiger partial charge is 0.481 e. The Morgan fingerprint density at radius 2 is 2.28 bits per heavy atom. The van der Waals surface area contributed by atoms with Gasteiger partial charge in [-0.05, 0) is 29.0 Å². The lowest BCUT2D eigenvalue weighted by Crippen LogP contribution is -2.08. The Labute approximate surface area is 112 Å². The third-order valence-electron chi connectivity index (χ3n) is 2.58. The highest BCUT2D eigenvalue weighted by atomic mass is 79.9. The molecule has 0 aliphatic rings. The Morgan fingerprint density at radius 3 is 3.00 bits per heavy atom. The van der Waals surface area contributed by atoms with E-state index >= 15 is 0 Å². The van der Waals surface area contributed by atoms with E-state index < -0.39 is 5.97 Å². The maximum absolute atomic E-state index is 10.6. The summed E-state index contributed by atoms with van der Waals surface area (Å²) in [5.41, 5.74) is 1.91. The number of carboxylic acid groups (broad SMARTS) is 1. The van der Waals surface area contributed by atoms with E-state index in [4.69, 9.17) is 5.11 Å². The van der Waals surface area contributed by atoms with Gasteiger partial charge in [-0.2, -0.15) is 0 Å². The molecule has 1 N–H and O–H groups in total. The third-order valence-corrected chi connectivity index (χ3v) is 3.44. The van der Waals surface area contributed by atoms with E-state index in [1.807, 2.05) is 25.1 Å². The average molecular weight is 311 g/mol. The fraction of sp³-hybridized carbons (Fsp3) is 0.273. The molecule has 0 radical (unpaired) electrons. The molecule has 94 valence electrons. The molecule has 1 heterocycles. The van der Waals surface area contributed by atoms with Gasteiger partial charge in [-0.15, -0.1) is 5.10 Å². The summed E-state index contributed by atoms with van der Waals surface area (Å²) in [6, 6.07) is 5.73. The molecule has 0 bridgehead atoms. The molecule has 18 heavy (non-hydrogen) atoms. The minimum atomic E-state index is -0.873. The van der Waals surface area contributed by atoms with E-state index in [1.54, 1.807) is 0 Å². The van der Waals surface area contributed by atoms with Crippen molar-refractivity contribution in [3.05, 3.63) is 28.2 Å². The van der Waals surface area contributed by atoms with Crippen LogP contribution in [0.1, 0.15) is 12.0 Å². The lowest BCUT2D eigenvalue weighted by atomic mass is 10.1. The molecule has 7 heteroatoms. The van der Waals surface area contributed by atoms with Crippen molar-refractivity contribution in [3.8, 4) is 11.4 Å². The highest BCUT2D eigenvalue weighted by Gasteiger charge is 2.13. The predicted molar refractivity (Wildman–Crippen MR) is 67.9 cm³/mol. The maximum atomic E-state index is 10.6. The molecule has 0 unspecified atom stereocenters. The second-order valence-electron chi connectivity index (χ2n) is 3.78. The number of halogens is 1. The topological polar surface area (TPSA) is 80.9 Å². The number of hydrogen-bond donors (Lipinski definition) is 1. The first-order valence-electron chi connectivity index (χ1n) is 5.33. The number of aliphatic carboxylic acids is 1. The van der Waals surface area contributed by atoms with Crippen molar-refractivity contribution in [2.75, 3.05) is 0 Å². The number of rotatable bonds is 4. The number of carboxylic acids is 1. The maximum Gasteiger partial charge on any atom is 0.305 e. The number of aromatic nitrogens is 4. The lowest BCUT2D eigenvalue weighted by molar-refractivity contribution is -0.137. The van der Waals surface area contributed by atoms with Gasteiger partial charge in [0.25, 0.3) is 0 Å². The zero-order valence-corrected chi connectivity index (χ0v) is 11.3. The zero-order chi connectivity index (χ0) is 13.1. The number of benzene rings is 1. The Balaban J connectivity index is 2.36. The second-order valence-corrected chi connectivity index (χ2v) is 4.64. The standard InChI is InChI=1S/C11H11BrN4O2/c1-7-8(3-2-4-9(7)12)11-13-14-15-16(11)6-5-10(17)18/h2-4H,5-6H2,1H3,(H,17,18). The van der Waals surface area contributed by atoms with Crippen molar-refractivity contribution in [3.63, 3.8) is 0 Å². The predicted octanol–water partition coefficient (Wildman–Crippen LogP) is 1.89. The molecule has 0 amide bonds. The van der Waals surface area contributed by atoms with Gasteiger partial charge in [0.15, 0.2) is 5.82 Å². The molecular formula is C11H11BrN4O2. The summed E-state index contributed by atoms with van der Waals surface area (Å²) in [6.07, 6.45) is -0.00884. The van der Waals surface area contributed by atoms with E-state index in [-0.39, 0.29) is 13.0 Å². The minimum Gasteiger partial charge on any atom is -0.481 e. The third kappa shape index (κ3) is 2.56. The van der Waals surface area contributed by atoms with Crippen molar-refractivity contribution in [2.45, 2.75) is 19.9 Å². The summed E-state index contributed by atoms with van der Waals surface area (Å²) < 4.78 is 2.47. The van der Waals surface area contributed by atoms with Crippen LogP contribution in [0.4, 0.5) is 0 Å². The van der Waals surface area contributed by atoms with Crippen molar-refractivity contribution in [1.82, 2.24) is 20.2 Å². The van der Waals surface area contributed by atoms with Gasteiger partial charge in [0.1, 0.15) is 0 Å². The van der Waals surface area contributed by atoms with E-state index in [2.05, 4.69) is 31.5 Å². The SMILES string of the molecule is Cc1c(Br)cccc1-c1nnnn1CCC(=O)O. The molecule has 0 atom stereocenters. The van der Waals surface area contributed by atoms with Crippen LogP contribution in [0.25, 0.3) is 11.4 Å². The molecule has 6 nitrogen and oxygen atoms in total. The number of carbonyl (C=O) groups is 1. The van der Waals surface area contributed by atoms with Crippen LogP contribution in [0.3, 0.4) is 0 Å². The first kappa shape index (κ1) is 12.7. The molecule has 2 rings (SSSR count). The van der Waals surface area contributed by atoms with Gasteiger partial charge < -0.3 is 5.11 Å². The van der Waals surface area contributed by atoms with E-state index in [0.29, 0.717) is 5.82 Å². The number of hydrogen-bond acceptors (Lipinski definition) is 4. The van der Waals surface area contributed by atoms with Crippen LogP contribution in [0.2, 0.25) is 0 Å². The molecule has 0 saturated carbocycles. The molecule has 0 aliphatic carbocycles. The molecule has 2 aromatic rings. The molecule has 0 saturated heterocycles. The summed E-state index contributed by atoms with van der Waals surface area (Å²) in [5.74, 6) is -0.294. The lowest BCUT2D eigenvalue weighted by Gasteiger charge is -2.07. The molecule has 0 spiro atoms. The molecule has 1 aromatic carbocycles. The molecule has 1 aromatic heterocycles. The van der Waals surface area contributed by atoms with Crippen LogP contribution in [0.5, 0.6) is 0 Å². The first-order valence-corrected chi connectivity index (χ1v) is 6.12. The number of tetrazole rings is 1. The van der Waals surface area contributed by atoms with E-state index in [0.717, 1.165) is 15.6 Å². The van der Waals surface area contributed by atoms with E-state index in [9.17, 15) is 4.79 Å². The van der Waals surface area contributed by atoms with Gasteiger partial charge in [0, 0.05) is 10.0 Å². The van der Waals surface area contributed by atoms with Crippen LogP contribution < -0.4 is 0 Å². The zero-order valence-electron chi connectivity index (χ0n) is 9.67. The monoisotopic (exact) mass is 310 g/mol. The van der Waals surface area contributed by atoms with Gasteiger partial charge in [0.2, 0.25) is 0 Å². The van der Waals surface area contributed by atoms with Crippen LogP contribution in [0.15, 0.2) is 22.7 Å². The highest BCUT2D eigenvalue weighted by molar-refractivity contribution is 9.10. The van der Waals surface area contributed by atoms with Crippen molar-refractivity contribution in [2.24, 2.45) is 0 Å². The van der Waals surface area contributed by atoms with Crippen LogP contribution in [-0.4, -0.2) is 31.3 Å². The van der Waals surface area contributed by atoms with E-state index in [1.165, 1.54) is 4.68 Å². The number of aryl methyl sites for hydroxylation is 1. The molecule has 0 aliphatic heterocycles. The fourth-order valence-corrected chi connectivity index (χ4v) is 1.97. The Bertz CT molecular complexity index is 582. The second kappa shape index (κ2) is 5.26. The summed E-state index contributed by atoms with van der Waals surface area (Å²) in [5, 5.41) is 20.1. The minimum absolute atomic E-state index is 0.00884. The van der Waals surface area contributed by atoms with Gasteiger partial charge >= 0.3 is 5.97 Å². The van der Waals surface area contributed by atoms with Crippen LogP contribution in [-0.2, 0) is 11.3 Å². The van der Waals surface area contributed by atoms with Gasteiger partial charge in [-0.1, -0.05) is 28.1 Å². The smallest absolute Gasteiger partial charge is 0.305 e. The highest BCUT2D eigenvalue weighted by Crippen LogP contribution is 2.26. The van der Waals surface area contributed by atoms with Gasteiger partial charge in [-0.3, -0.25) is 4.79 Å². The van der Waals surface area contributed by atoms with Crippen LogP contribution >= 0.6 is 15.9 Å². The number of nitrogens with zero attached hydrogens (tertiary/aromatic N) is 4. The van der Waals surface area contributed by atoms with Crippen molar-refractivity contribution in [1.29, 1.82) is 0 Å². The van der Waals surface area contributed by atoms with Gasteiger partial charge in [-0.25, -0.2) is 4.68 Å². The molecule has 0 fully saturated rings. The molecular weight excluding hydrogens is 300 g/mol. The van der Waals surface area contributed by atoms with Crippen molar-refractivity contribution < 1.29 is 9.90 Å². The quantitative estimate of drug-likeness (QED) is 0.932. The summed E-state index contributed by atoms with van der Waals surface area (Å²) in [4.78, 5) is 10.6. The van der Waals surface area contributed by atoms with Gasteiger partial charge in [0.05, 0.1) is 13.0 Å². The Kier molecular flexibility index (Phi) is 3.71. The Hall–Kier alpha value is -1.76. The Morgan fingerprint density at radius 1 is 1.50 bits per heavy atom.